The molecular formula is C11H16INO. The molecule has 0 saturated carbocycles. The zero-order valence-corrected chi connectivity index (χ0v) is 10.5. The Hall–Kier alpha value is -0.290. The second kappa shape index (κ2) is 5.56. The van der Waals surface area contributed by atoms with Gasteiger partial charge in [0.15, 0.2) is 0 Å². The summed E-state index contributed by atoms with van der Waals surface area (Å²) in [7, 11) is 0. The van der Waals surface area contributed by atoms with Crippen molar-refractivity contribution in [1.82, 2.24) is 0 Å². The summed E-state index contributed by atoms with van der Waals surface area (Å²) in [5, 5.41) is 9.66. The molecule has 0 aliphatic rings. The van der Waals surface area contributed by atoms with Crippen LogP contribution in [0.4, 0.5) is 0 Å². The van der Waals surface area contributed by atoms with Gasteiger partial charge in [-0.05, 0) is 47.1 Å². The maximum absolute atomic E-state index is 9.66. The first kappa shape index (κ1) is 11.8. The smallest absolute Gasteiger partial charge is 0.133 e. The van der Waals surface area contributed by atoms with E-state index in [1.807, 2.05) is 12.1 Å². The molecule has 0 aliphatic heterocycles. The van der Waals surface area contributed by atoms with Crippen molar-refractivity contribution in [2.24, 2.45) is 5.73 Å². The van der Waals surface area contributed by atoms with Crippen LogP contribution in [0.25, 0.3) is 0 Å². The fourth-order valence-electron chi connectivity index (χ4n) is 1.40. The van der Waals surface area contributed by atoms with Gasteiger partial charge in [-0.25, -0.2) is 0 Å². The highest BCUT2D eigenvalue weighted by molar-refractivity contribution is 14.1. The molecule has 0 spiro atoms. The van der Waals surface area contributed by atoms with Gasteiger partial charge in [0.05, 0.1) is 3.57 Å². The van der Waals surface area contributed by atoms with Crippen LogP contribution in [0.1, 0.15) is 30.9 Å². The van der Waals surface area contributed by atoms with Crippen LogP contribution < -0.4 is 5.73 Å². The molecule has 3 heteroatoms. The summed E-state index contributed by atoms with van der Waals surface area (Å²) in [4.78, 5) is 0. The molecule has 0 unspecified atom stereocenters. The predicted molar refractivity (Wildman–Crippen MR) is 67.3 cm³/mol. The molecule has 2 nitrogen and oxygen atoms in total. The third-order valence-electron chi connectivity index (χ3n) is 2.24. The lowest BCUT2D eigenvalue weighted by molar-refractivity contribution is 0.464. The molecule has 1 aromatic rings. The molecule has 0 amide bonds. The van der Waals surface area contributed by atoms with Gasteiger partial charge in [0.25, 0.3) is 0 Å². The Bertz CT molecular complexity index is 312. The number of aromatic hydroxyl groups is 1. The fourth-order valence-corrected chi connectivity index (χ4v) is 2.15. The minimum atomic E-state index is 0.341. The van der Waals surface area contributed by atoms with Gasteiger partial charge in [-0.3, -0.25) is 0 Å². The van der Waals surface area contributed by atoms with E-state index in [2.05, 4.69) is 29.5 Å². The highest BCUT2D eigenvalue weighted by atomic mass is 127. The summed E-state index contributed by atoms with van der Waals surface area (Å²) in [5.41, 5.74) is 7.68. The molecule has 14 heavy (non-hydrogen) atoms. The Morgan fingerprint density at radius 2 is 2.14 bits per heavy atom. The van der Waals surface area contributed by atoms with Gasteiger partial charge < -0.3 is 10.8 Å². The lowest BCUT2D eigenvalue weighted by Crippen LogP contribution is -1.99. The maximum atomic E-state index is 9.66. The Balaban J connectivity index is 2.91. The number of hydrogen-bond donors (Lipinski definition) is 2. The van der Waals surface area contributed by atoms with Gasteiger partial charge in [0.1, 0.15) is 5.75 Å². The van der Waals surface area contributed by atoms with E-state index in [9.17, 15) is 5.11 Å². The largest absolute Gasteiger partial charge is 0.507 e. The van der Waals surface area contributed by atoms with E-state index in [-0.39, 0.29) is 0 Å². The average Bonchev–Trinajstić information content (AvgIpc) is 2.19. The number of benzene rings is 1. The number of nitrogens with two attached hydrogens (primary N) is 1. The third-order valence-corrected chi connectivity index (χ3v) is 3.06. The molecule has 0 aromatic heterocycles. The summed E-state index contributed by atoms with van der Waals surface area (Å²) < 4.78 is 0.900. The van der Waals surface area contributed by atoms with E-state index >= 15 is 0 Å². The van der Waals surface area contributed by atoms with Crippen molar-refractivity contribution in [1.29, 1.82) is 0 Å². The minimum absolute atomic E-state index is 0.341. The fraction of sp³-hybridized carbons (Fsp3) is 0.455. The number of phenols is 1. The highest BCUT2D eigenvalue weighted by Gasteiger charge is 2.06. The number of aryl methyl sites for hydroxylation is 1. The van der Waals surface area contributed by atoms with Crippen LogP contribution in [0.3, 0.4) is 0 Å². The standard InChI is InChI=1S/C11H16INO/c1-2-3-4-8-5-9(7-13)11(14)10(12)6-8/h5-6,14H,2-4,7,13H2,1H3. The second-order valence-corrected chi connectivity index (χ2v) is 4.56. The van der Waals surface area contributed by atoms with Crippen molar-refractivity contribution in [3.8, 4) is 5.75 Å². The first-order chi connectivity index (χ1) is 6.69. The molecule has 1 rings (SSSR count). The Kier molecular flexibility index (Phi) is 4.68. The first-order valence-electron chi connectivity index (χ1n) is 4.89. The Morgan fingerprint density at radius 3 is 2.71 bits per heavy atom. The number of phenolic OH excluding ortho intramolecular Hbond substituents is 1. The van der Waals surface area contributed by atoms with Crippen LogP contribution in [-0.4, -0.2) is 5.11 Å². The molecule has 0 heterocycles. The SMILES string of the molecule is CCCCc1cc(I)c(O)c(CN)c1. The minimum Gasteiger partial charge on any atom is -0.507 e. The van der Waals surface area contributed by atoms with Crippen LogP contribution >= 0.6 is 22.6 Å². The number of rotatable bonds is 4. The molecule has 0 atom stereocenters. The van der Waals surface area contributed by atoms with Crippen molar-refractivity contribution >= 4 is 22.6 Å². The molecule has 0 radical (unpaired) electrons. The quantitative estimate of drug-likeness (QED) is 0.840. The maximum Gasteiger partial charge on any atom is 0.133 e. The molecule has 1 aromatic carbocycles. The molecule has 0 fully saturated rings. The number of hydrogen-bond acceptors (Lipinski definition) is 2. The molecule has 3 N–H and O–H groups in total. The summed E-state index contributed by atoms with van der Waals surface area (Å²) >= 11 is 2.15. The summed E-state index contributed by atoms with van der Waals surface area (Å²) in [6, 6.07) is 4.04. The molecule has 0 bridgehead atoms. The van der Waals surface area contributed by atoms with Crippen molar-refractivity contribution in [2.45, 2.75) is 32.7 Å². The normalized spacial score (nSPS) is 10.5. The van der Waals surface area contributed by atoms with Crippen LogP contribution in [0, 0.1) is 3.57 Å². The summed E-state index contributed by atoms with van der Waals surface area (Å²) in [6.07, 6.45) is 3.44. The van der Waals surface area contributed by atoms with E-state index in [1.165, 1.54) is 18.4 Å². The predicted octanol–water partition coefficient (Wildman–Crippen LogP) is 2.80. The van der Waals surface area contributed by atoms with Crippen LogP contribution in [0.5, 0.6) is 5.75 Å². The lowest BCUT2D eigenvalue weighted by atomic mass is 10.0. The second-order valence-electron chi connectivity index (χ2n) is 3.39. The Labute approximate surface area is 98.7 Å². The molecular weight excluding hydrogens is 289 g/mol. The summed E-state index contributed by atoms with van der Waals surface area (Å²) in [6.45, 7) is 2.58. The molecule has 0 saturated heterocycles. The first-order valence-corrected chi connectivity index (χ1v) is 5.97. The van der Waals surface area contributed by atoms with Gasteiger partial charge in [0, 0.05) is 12.1 Å². The Morgan fingerprint density at radius 1 is 1.43 bits per heavy atom. The van der Waals surface area contributed by atoms with E-state index in [0.29, 0.717) is 12.3 Å². The van der Waals surface area contributed by atoms with Crippen molar-refractivity contribution in [3.05, 3.63) is 26.8 Å². The van der Waals surface area contributed by atoms with E-state index in [1.54, 1.807) is 0 Å². The zero-order chi connectivity index (χ0) is 10.6. The van der Waals surface area contributed by atoms with Crippen molar-refractivity contribution in [3.63, 3.8) is 0 Å². The van der Waals surface area contributed by atoms with Crippen LogP contribution in [0.15, 0.2) is 12.1 Å². The van der Waals surface area contributed by atoms with Crippen molar-refractivity contribution in [2.75, 3.05) is 0 Å². The number of halogens is 1. The van der Waals surface area contributed by atoms with Crippen LogP contribution in [0.2, 0.25) is 0 Å². The van der Waals surface area contributed by atoms with E-state index in [4.69, 9.17) is 5.73 Å². The van der Waals surface area contributed by atoms with Crippen LogP contribution in [-0.2, 0) is 13.0 Å². The topological polar surface area (TPSA) is 46.2 Å². The third kappa shape index (κ3) is 2.85. The highest BCUT2D eigenvalue weighted by Crippen LogP contribution is 2.26. The number of unbranched alkanes of at least 4 members (excludes halogenated alkanes) is 1. The van der Waals surface area contributed by atoms with Gasteiger partial charge in [-0.1, -0.05) is 19.4 Å². The van der Waals surface area contributed by atoms with Gasteiger partial charge in [-0.2, -0.15) is 0 Å². The van der Waals surface area contributed by atoms with E-state index in [0.717, 1.165) is 15.6 Å². The molecule has 0 aliphatic carbocycles. The van der Waals surface area contributed by atoms with Gasteiger partial charge >= 0.3 is 0 Å². The van der Waals surface area contributed by atoms with E-state index < -0.39 is 0 Å². The lowest BCUT2D eigenvalue weighted by Gasteiger charge is -2.08. The summed E-state index contributed by atoms with van der Waals surface area (Å²) in [5.74, 6) is 0.341. The monoisotopic (exact) mass is 305 g/mol. The average molecular weight is 305 g/mol. The van der Waals surface area contributed by atoms with Crippen molar-refractivity contribution < 1.29 is 5.11 Å². The molecule has 78 valence electrons. The van der Waals surface area contributed by atoms with Gasteiger partial charge in [-0.15, -0.1) is 0 Å². The zero-order valence-electron chi connectivity index (χ0n) is 8.39. The van der Waals surface area contributed by atoms with Gasteiger partial charge in [0.2, 0.25) is 0 Å².